The molecule has 250 valence electrons. The molecular weight excluding hydrogens is 647 g/mol. The molecule has 9 rings (SSSR count). The van der Waals surface area contributed by atoms with Gasteiger partial charge in [0, 0.05) is 33.9 Å². The van der Waals surface area contributed by atoms with E-state index in [1.54, 1.807) is 0 Å². The fraction of sp³-hybridized carbons (Fsp3) is 0.0625. The Balaban J connectivity index is 1.21. The van der Waals surface area contributed by atoms with Crippen molar-refractivity contribution in [3.05, 3.63) is 186 Å². The molecule has 0 aliphatic heterocycles. The van der Waals surface area contributed by atoms with Crippen LogP contribution in [0.4, 0.5) is 5.69 Å². The molecule has 53 heavy (non-hydrogen) atoms. The first-order valence-electron chi connectivity index (χ1n) is 17.7. The zero-order valence-corrected chi connectivity index (χ0v) is 29.3. The average Bonchev–Trinajstić information content (AvgIpc) is 3.47. The SMILES string of the molecule is [C-]#[N+]c1cccc2c1-c1ccc(-c3cc(-c4ccccn4)cc(-c4nc(-c5ccccc5)nc(-c5ccc(-c6ccccc6)cc5)n4)c3)cc1C2(C)C. The lowest BCUT2D eigenvalue weighted by atomic mass is 9.81. The van der Waals surface area contributed by atoms with E-state index >= 15 is 0 Å². The third-order valence-electron chi connectivity index (χ3n) is 10.2. The van der Waals surface area contributed by atoms with E-state index in [1.165, 1.54) is 11.1 Å². The highest BCUT2D eigenvalue weighted by molar-refractivity contribution is 5.92. The average molecular weight is 680 g/mol. The highest BCUT2D eigenvalue weighted by Gasteiger charge is 2.36. The Labute approximate surface area is 309 Å². The minimum Gasteiger partial charge on any atom is -0.256 e. The zero-order chi connectivity index (χ0) is 35.9. The largest absolute Gasteiger partial charge is 0.256 e. The van der Waals surface area contributed by atoms with Gasteiger partial charge in [-0.3, -0.25) is 4.98 Å². The summed E-state index contributed by atoms with van der Waals surface area (Å²) in [5.41, 5.74) is 13.9. The predicted octanol–water partition coefficient (Wildman–Crippen LogP) is 12.1. The summed E-state index contributed by atoms with van der Waals surface area (Å²) in [5, 5.41) is 0. The number of pyridine rings is 1. The topological polar surface area (TPSA) is 55.9 Å². The molecule has 0 saturated carbocycles. The third-order valence-corrected chi connectivity index (χ3v) is 10.2. The van der Waals surface area contributed by atoms with Crippen LogP contribution in [-0.2, 0) is 5.41 Å². The molecule has 0 spiro atoms. The van der Waals surface area contributed by atoms with Crippen LogP contribution in [0.5, 0.6) is 0 Å². The lowest BCUT2D eigenvalue weighted by molar-refractivity contribution is 0.661. The summed E-state index contributed by atoms with van der Waals surface area (Å²) in [6.07, 6.45) is 1.82. The molecule has 0 radical (unpaired) electrons. The molecule has 2 aromatic heterocycles. The van der Waals surface area contributed by atoms with Crippen molar-refractivity contribution in [1.29, 1.82) is 0 Å². The van der Waals surface area contributed by atoms with E-state index in [2.05, 4.69) is 110 Å². The lowest BCUT2D eigenvalue weighted by Crippen LogP contribution is -2.14. The fourth-order valence-corrected chi connectivity index (χ4v) is 7.44. The molecule has 5 nitrogen and oxygen atoms in total. The van der Waals surface area contributed by atoms with Crippen LogP contribution in [-0.4, -0.2) is 19.9 Å². The molecule has 1 aliphatic rings. The van der Waals surface area contributed by atoms with Crippen molar-refractivity contribution in [2.24, 2.45) is 0 Å². The number of hydrogen-bond donors (Lipinski definition) is 0. The second-order valence-corrected chi connectivity index (χ2v) is 13.8. The van der Waals surface area contributed by atoms with Crippen LogP contribution >= 0.6 is 0 Å². The van der Waals surface area contributed by atoms with Crippen molar-refractivity contribution in [2.45, 2.75) is 19.3 Å². The maximum Gasteiger partial charge on any atom is 0.195 e. The minimum absolute atomic E-state index is 0.257. The monoisotopic (exact) mass is 679 g/mol. The van der Waals surface area contributed by atoms with Crippen molar-refractivity contribution in [2.75, 3.05) is 0 Å². The maximum absolute atomic E-state index is 7.86. The van der Waals surface area contributed by atoms with Crippen LogP contribution in [0.2, 0.25) is 0 Å². The first-order valence-corrected chi connectivity index (χ1v) is 17.7. The van der Waals surface area contributed by atoms with E-state index in [1.807, 2.05) is 72.9 Å². The Kier molecular flexibility index (Phi) is 7.79. The second-order valence-electron chi connectivity index (χ2n) is 13.8. The molecule has 0 unspecified atom stereocenters. The van der Waals surface area contributed by atoms with E-state index in [0.29, 0.717) is 23.2 Å². The standard InChI is InChI=1S/C48H33N5/c1-48(2)40-17-12-19-43(49-3)44(40)39-25-24-35(30-41(39)48)36-27-37(42-18-10-11-26-50-42)29-38(28-36)47-52-45(33-15-8-5-9-16-33)51-46(53-47)34-22-20-32(21-23-34)31-13-6-4-7-14-31/h4-30H,1-2H3. The Hall–Kier alpha value is -7.03. The van der Waals surface area contributed by atoms with Crippen molar-refractivity contribution in [3.8, 4) is 78.8 Å². The molecule has 1 aliphatic carbocycles. The minimum atomic E-state index is -0.257. The summed E-state index contributed by atoms with van der Waals surface area (Å²) < 4.78 is 0. The summed E-state index contributed by atoms with van der Waals surface area (Å²) in [7, 11) is 0. The molecular formula is C48H33N5. The quantitative estimate of drug-likeness (QED) is 0.164. The summed E-state index contributed by atoms with van der Waals surface area (Å²) in [5.74, 6) is 1.79. The second kappa shape index (κ2) is 12.9. The molecule has 0 saturated heterocycles. The third kappa shape index (κ3) is 5.77. The smallest absolute Gasteiger partial charge is 0.195 e. The van der Waals surface area contributed by atoms with Gasteiger partial charge in [-0.25, -0.2) is 19.8 Å². The Morgan fingerprint density at radius 3 is 1.70 bits per heavy atom. The molecule has 5 heteroatoms. The first-order chi connectivity index (χ1) is 26.0. The molecule has 0 fully saturated rings. The van der Waals surface area contributed by atoms with Crippen molar-refractivity contribution < 1.29 is 0 Å². The number of rotatable bonds is 6. The van der Waals surface area contributed by atoms with Crippen LogP contribution in [0.25, 0.3) is 83.6 Å². The number of aromatic nitrogens is 4. The molecule has 0 amide bonds. The van der Waals surface area contributed by atoms with Crippen molar-refractivity contribution in [3.63, 3.8) is 0 Å². The first kappa shape index (κ1) is 31.9. The van der Waals surface area contributed by atoms with Gasteiger partial charge in [-0.05, 0) is 80.9 Å². The van der Waals surface area contributed by atoms with Gasteiger partial charge in [-0.15, -0.1) is 0 Å². The van der Waals surface area contributed by atoms with Gasteiger partial charge in [0.25, 0.3) is 0 Å². The molecule has 0 N–H and O–H groups in total. The number of hydrogen-bond acceptors (Lipinski definition) is 4. The van der Waals surface area contributed by atoms with E-state index in [9.17, 15) is 0 Å². The highest BCUT2D eigenvalue weighted by Crippen LogP contribution is 2.53. The Bertz CT molecular complexity index is 2680. The van der Waals surface area contributed by atoms with Gasteiger partial charge in [0.1, 0.15) is 0 Å². The summed E-state index contributed by atoms with van der Waals surface area (Å²) >= 11 is 0. The van der Waals surface area contributed by atoms with Crippen molar-refractivity contribution >= 4 is 5.69 Å². The van der Waals surface area contributed by atoms with E-state index in [0.717, 1.165) is 61.3 Å². The van der Waals surface area contributed by atoms with Gasteiger partial charge < -0.3 is 0 Å². The van der Waals surface area contributed by atoms with E-state index < -0.39 is 0 Å². The number of benzene rings is 6. The summed E-state index contributed by atoms with van der Waals surface area (Å²) in [4.78, 5) is 23.8. The van der Waals surface area contributed by atoms with Crippen LogP contribution in [0.1, 0.15) is 25.0 Å². The number of fused-ring (bicyclic) bond motifs is 3. The van der Waals surface area contributed by atoms with E-state index in [4.69, 9.17) is 26.5 Å². The molecule has 6 aromatic carbocycles. The molecule has 2 heterocycles. The lowest BCUT2D eigenvalue weighted by Gasteiger charge is -2.22. The molecule has 8 aromatic rings. The van der Waals surface area contributed by atoms with Gasteiger partial charge in [0.05, 0.1) is 12.3 Å². The summed E-state index contributed by atoms with van der Waals surface area (Å²) in [6.45, 7) is 12.3. The molecule has 0 bridgehead atoms. The van der Waals surface area contributed by atoms with Gasteiger partial charge in [0.15, 0.2) is 23.2 Å². The van der Waals surface area contributed by atoms with Gasteiger partial charge >= 0.3 is 0 Å². The highest BCUT2D eigenvalue weighted by atomic mass is 15.0. The van der Waals surface area contributed by atoms with E-state index in [-0.39, 0.29) is 5.41 Å². The maximum atomic E-state index is 7.86. The number of nitrogens with zero attached hydrogens (tertiary/aromatic N) is 5. The van der Waals surface area contributed by atoms with Gasteiger partial charge in [0.2, 0.25) is 0 Å². The Morgan fingerprint density at radius 1 is 0.453 bits per heavy atom. The molecule has 0 atom stereocenters. The van der Waals surface area contributed by atoms with Crippen LogP contribution in [0.15, 0.2) is 164 Å². The van der Waals surface area contributed by atoms with Gasteiger partial charge in [-0.2, -0.15) is 0 Å². The normalized spacial score (nSPS) is 12.5. The summed E-state index contributed by atoms with van der Waals surface area (Å²) in [6, 6.07) is 53.9. The fourth-order valence-electron chi connectivity index (χ4n) is 7.44. The van der Waals surface area contributed by atoms with Crippen LogP contribution in [0, 0.1) is 6.57 Å². The predicted molar refractivity (Wildman–Crippen MR) is 214 cm³/mol. The zero-order valence-electron chi connectivity index (χ0n) is 29.3. The van der Waals surface area contributed by atoms with Gasteiger partial charge in [-0.1, -0.05) is 135 Å². The van der Waals surface area contributed by atoms with Crippen LogP contribution < -0.4 is 0 Å². The van der Waals surface area contributed by atoms with Crippen LogP contribution in [0.3, 0.4) is 0 Å². The Morgan fingerprint density at radius 2 is 1.02 bits per heavy atom. The van der Waals surface area contributed by atoms with Crippen molar-refractivity contribution in [1.82, 2.24) is 19.9 Å².